The molecule has 0 radical (unpaired) electrons. The van der Waals surface area contributed by atoms with Crippen molar-refractivity contribution in [1.29, 1.82) is 0 Å². The number of hydrogen-bond acceptors (Lipinski definition) is 4. The van der Waals surface area contributed by atoms with Gasteiger partial charge in [-0.1, -0.05) is 6.92 Å². The van der Waals surface area contributed by atoms with Crippen molar-refractivity contribution >= 4 is 11.8 Å². The lowest BCUT2D eigenvalue weighted by Gasteiger charge is -2.36. The van der Waals surface area contributed by atoms with Gasteiger partial charge in [-0.3, -0.25) is 14.5 Å². The number of amides is 2. The molecule has 0 aliphatic carbocycles. The van der Waals surface area contributed by atoms with E-state index in [0.29, 0.717) is 45.4 Å². The van der Waals surface area contributed by atoms with Crippen LogP contribution in [0.1, 0.15) is 32.6 Å². The SMILES string of the molecule is CCC1CCCCN1C(=O)CN(C)CC(=O)N1CCOCC1. The summed E-state index contributed by atoms with van der Waals surface area (Å²) >= 11 is 0. The fourth-order valence-corrected chi connectivity index (χ4v) is 3.27. The predicted molar refractivity (Wildman–Crippen MR) is 84.5 cm³/mol. The summed E-state index contributed by atoms with van der Waals surface area (Å²) in [5.74, 6) is 0.244. The minimum atomic E-state index is 0.0873. The molecule has 0 aromatic rings. The van der Waals surface area contributed by atoms with Crippen molar-refractivity contribution in [2.75, 3.05) is 53.0 Å². The molecule has 0 saturated carbocycles. The highest BCUT2D eigenvalue weighted by molar-refractivity contribution is 5.81. The van der Waals surface area contributed by atoms with Gasteiger partial charge in [-0.2, -0.15) is 0 Å². The molecule has 0 aromatic carbocycles. The van der Waals surface area contributed by atoms with Crippen molar-refractivity contribution < 1.29 is 14.3 Å². The van der Waals surface area contributed by atoms with Gasteiger partial charge in [-0.15, -0.1) is 0 Å². The van der Waals surface area contributed by atoms with Crippen molar-refractivity contribution in [1.82, 2.24) is 14.7 Å². The number of morpholine rings is 1. The third kappa shape index (κ3) is 4.68. The molecule has 1 unspecified atom stereocenters. The van der Waals surface area contributed by atoms with E-state index >= 15 is 0 Å². The molecular weight excluding hydrogens is 282 g/mol. The van der Waals surface area contributed by atoms with Crippen molar-refractivity contribution in [3.63, 3.8) is 0 Å². The van der Waals surface area contributed by atoms with Crippen molar-refractivity contribution in [3.8, 4) is 0 Å². The Bertz CT molecular complexity index is 383. The molecule has 6 nitrogen and oxygen atoms in total. The van der Waals surface area contributed by atoms with Gasteiger partial charge in [-0.05, 0) is 32.7 Å². The van der Waals surface area contributed by atoms with Crippen LogP contribution in [0.2, 0.25) is 0 Å². The van der Waals surface area contributed by atoms with Crippen LogP contribution in [0.4, 0.5) is 0 Å². The molecule has 0 aromatic heterocycles. The summed E-state index contributed by atoms with van der Waals surface area (Å²) < 4.78 is 5.25. The number of likely N-dealkylation sites (tertiary alicyclic amines) is 1. The van der Waals surface area contributed by atoms with Crippen LogP contribution >= 0.6 is 0 Å². The number of carbonyl (C=O) groups is 2. The van der Waals surface area contributed by atoms with Crippen molar-refractivity contribution in [2.45, 2.75) is 38.6 Å². The smallest absolute Gasteiger partial charge is 0.237 e. The first kappa shape index (κ1) is 17.2. The second-order valence-corrected chi connectivity index (χ2v) is 6.31. The van der Waals surface area contributed by atoms with E-state index in [2.05, 4.69) is 6.92 Å². The third-order valence-electron chi connectivity index (χ3n) is 4.59. The summed E-state index contributed by atoms with van der Waals surface area (Å²) in [6, 6.07) is 0.379. The quantitative estimate of drug-likeness (QED) is 0.745. The highest BCUT2D eigenvalue weighted by atomic mass is 16.5. The molecule has 0 spiro atoms. The zero-order valence-electron chi connectivity index (χ0n) is 13.9. The Hall–Kier alpha value is -1.14. The van der Waals surface area contributed by atoms with Gasteiger partial charge in [0.15, 0.2) is 0 Å². The van der Waals surface area contributed by atoms with Gasteiger partial charge < -0.3 is 14.5 Å². The predicted octanol–water partition coefficient (Wildman–Crippen LogP) is 0.568. The maximum Gasteiger partial charge on any atom is 0.237 e. The molecular formula is C16H29N3O3. The Labute approximate surface area is 133 Å². The van der Waals surface area contributed by atoms with Crippen LogP contribution in [0.5, 0.6) is 0 Å². The highest BCUT2D eigenvalue weighted by Crippen LogP contribution is 2.19. The van der Waals surface area contributed by atoms with E-state index in [4.69, 9.17) is 4.74 Å². The van der Waals surface area contributed by atoms with Crippen LogP contribution in [0.15, 0.2) is 0 Å². The van der Waals surface area contributed by atoms with Gasteiger partial charge >= 0.3 is 0 Å². The van der Waals surface area contributed by atoms with E-state index < -0.39 is 0 Å². The second kappa shape index (κ2) is 8.48. The molecule has 2 amide bonds. The molecule has 1 atom stereocenters. The van der Waals surface area contributed by atoms with E-state index in [-0.39, 0.29) is 11.8 Å². The lowest BCUT2D eigenvalue weighted by atomic mass is 10.00. The van der Waals surface area contributed by atoms with Gasteiger partial charge in [0.25, 0.3) is 0 Å². The zero-order chi connectivity index (χ0) is 15.9. The number of hydrogen-bond donors (Lipinski definition) is 0. The van der Waals surface area contributed by atoms with E-state index in [1.165, 1.54) is 6.42 Å². The fourth-order valence-electron chi connectivity index (χ4n) is 3.27. The molecule has 6 heteroatoms. The maximum atomic E-state index is 12.5. The van der Waals surface area contributed by atoms with Crippen LogP contribution in [0.3, 0.4) is 0 Å². The number of rotatable bonds is 5. The summed E-state index contributed by atoms with van der Waals surface area (Å²) in [6.45, 7) is 6.17. The number of likely N-dealkylation sites (N-methyl/N-ethyl adjacent to an activating group) is 1. The van der Waals surface area contributed by atoms with Crippen molar-refractivity contribution in [2.24, 2.45) is 0 Å². The van der Waals surface area contributed by atoms with Crippen molar-refractivity contribution in [3.05, 3.63) is 0 Å². The average molecular weight is 311 g/mol. The van der Waals surface area contributed by atoms with Gasteiger partial charge in [0.05, 0.1) is 26.3 Å². The Morgan fingerprint density at radius 2 is 1.77 bits per heavy atom. The summed E-state index contributed by atoms with van der Waals surface area (Å²) in [5, 5.41) is 0. The second-order valence-electron chi connectivity index (χ2n) is 6.31. The van der Waals surface area contributed by atoms with Crippen LogP contribution in [0, 0.1) is 0 Å². The highest BCUT2D eigenvalue weighted by Gasteiger charge is 2.26. The molecule has 0 bridgehead atoms. The molecule has 22 heavy (non-hydrogen) atoms. The lowest BCUT2D eigenvalue weighted by molar-refractivity contribution is -0.139. The van der Waals surface area contributed by atoms with E-state index in [1.54, 1.807) is 0 Å². The fraction of sp³-hybridized carbons (Fsp3) is 0.875. The third-order valence-corrected chi connectivity index (χ3v) is 4.59. The first-order valence-electron chi connectivity index (χ1n) is 8.45. The molecule has 2 aliphatic rings. The van der Waals surface area contributed by atoms with E-state index in [9.17, 15) is 9.59 Å². The van der Waals surface area contributed by atoms with Gasteiger partial charge in [0.2, 0.25) is 11.8 Å². The summed E-state index contributed by atoms with van der Waals surface area (Å²) in [5.41, 5.74) is 0. The Kier molecular flexibility index (Phi) is 6.64. The lowest BCUT2D eigenvalue weighted by Crippen LogP contribution is -2.49. The summed E-state index contributed by atoms with van der Waals surface area (Å²) in [7, 11) is 1.85. The van der Waals surface area contributed by atoms with E-state index in [1.807, 2.05) is 21.7 Å². The molecule has 2 rings (SSSR count). The Balaban J connectivity index is 1.78. The molecule has 2 heterocycles. The average Bonchev–Trinajstić information content (AvgIpc) is 2.55. The molecule has 126 valence electrons. The topological polar surface area (TPSA) is 53.1 Å². The first-order valence-corrected chi connectivity index (χ1v) is 8.45. The minimum absolute atomic E-state index is 0.0873. The summed E-state index contributed by atoms with van der Waals surface area (Å²) in [4.78, 5) is 30.3. The van der Waals surface area contributed by atoms with Gasteiger partial charge in [0.1, 0.15) is 0 Å². The molecule has 2 fully saturated rings. The molecule has 0 N–H and O–H groups in total. The monoisotopic (exact) mass is 311 g/mol. The minimum Gasteiger partial charge on any atom is -0.378 e. The largest absolute Gasteiger partial charge is 0.378 e. The summed E-state index contributed by atoms with van der Waals surface area (Å²) in [6.07, 6.45) is 4.44. The standard InChI is InChI=1S/C16H29N3O3/c1-3-14-6-4-5-7-19(14)16(21)13-17(2)12-15(20)18-8-10-22-11-9-18/h14H,3-13H2,1-2H3. The normalized spacial score (nSPS) is 23.0. The Morgan fingerprint density at radius 1 is 1.09 bits per heavy atom. The Morgan fingerprint density at radius 3 is 2.45 bits per heavy atom. The zero-order valence-corrected chi connectivity index (χ0v) is 13.9. The first-order chi connectivity index (χ1) is 10.6. The van der Waals surface area contributed by atoms with Crippen LogP contribution in [-0.2, 0) is 14.3 Å². The van der Waals surface area contributed by atoms with E-state index in [0.717, 1.165) is 25.8 Å². The number of nitrogens with zero attached hydrogens (tertiary/aromatic N) is 3. The van der Waals surface area contributed by atoms with Crippen LogP contribution < -0.4 is 0 Å². The van der Waals surface area contributed by atoms with Crippen LogP contribution in [0.25, 0.3) is 0 Å². The van der Waals surface area contributed by atoms with Crippen LogP contribution in [-0.4, -0.2) is 85.5 Å². The molecule has 2 saturated heterocycles. The van der Waals surface area contributed by atoms with Gasteiger partial charge in [-0.25, -0.2) is 0 Å². The molecule has 2 aliphatic heterocycles. The number of piperidine rings is 1. The number of ether oxygens (including phenoxy) is 1. The number of carbonyl (C=O) groups excluding carboxylic acids is 2. The maximum absolute atomic E-state index is 12.5. The van der Waals surface area contributed by atoms with Gasteiger partial charge in [0, 0.05) is 25.7 Å².